The van der Waals surface area contributed by atoms with Gasteiger partial charge in [-0.3, -0.25) is 14.8 Å². The highest BCUT2D eigenvalue weighted by atomic mass is 16.1. The molecule has 0 radical (unpaired) electrons. The third kappa shape index (κ3) is 3.19. The standard InChI is InChI=1S/C15H14N4O/c1-11-14(5-3-8-18-11)19-15(20)13-6-9-17-10-12(13)4-2-7-16/h3,5-6,8-10H,7,16H2,1H3,(H,19,20). The Hall–Kier alpha value is -2.71. The van der Waals surface area contributed by atoms with Crippen LogP contribution in [0.5, 0.6) is 0 Å². The van der Waals surface area contributed by atoms with Gasteiger partial charge < -0.3 is 11.1 Å². The van der Waals surface area contributed by atoms with E-state index in [0.717, 1.165) is 5.69 Å². The zero-order chi connectivity index (χ0) is 14.4. The fourth-order valence-corrected chi connectivity index (χ4v) is 1.64. The molecule has 20 heavy (non-hydrogen) atoms. The molecule has 0 atom stereocenters. The first-order valence-corrected chi connectivity index (χ1v) is 6.08. The maximum atomic E-state index is 12.3. The van der Waals surface area contributed by atoms with Gasteiger partial charge in [0.05, 0.1) is 29.1 Å². The number of nitrogens with zero attached hydrogens (tertiary/aromatic N) is 2. The molecule has 3 N–H and O–H groups in total. The van der Waals surface area contributed by atoms with E-state index in [2.05, 4.69) is 27.1 Å². The summed E-state index contributed by atoms with van der Waals surface area (Å²) in [5.41, 5.74) is 7.79. The summed E-state index contributed by atoms with van der Waals surface area (Å²) >= 11 is 0. The lowest BCUT2D eigenvalue weighted by molar-refractivity contribution is 0.102. The van der Waals surface area contributed by atoms with Crippen molar-refractivity contribution >= 4 is 11.6 Å². The molecule has 2 rings (SSSR count). The van der Waals surface area contributed by atoms with E-state index in [1.807, 2.05) is 6.92 Å². The normalized spacial score (nSPS) is 9.50. The molecule has 1 amide bonds. The molecule has 0 aliphatic rings. The first-order valence-electron chi connectivity index (χ1n) is 6.08. The second-order valence-electron chi connectivity index (χ2n) is 4.02. The molecule has 100 valence electrons. The molecule has 0 aliphatic carbocycles. The van der Waals surface area contributed by atoms with Crippen LogP contribution in [-0.2, 0) is 0 Å². The molecular formula is C15H14N4O. The number of nitrogens with one attached hydrogen (secondary N) is 1. The van der Waals surface area contributed by atoms with E-state index in [0.29, 0.717) is 16.8 Å². The average molecular weight is 266 g/mol. The van der Waals surface area contributed by atoms with Gasteiger partial charge in [0.15, 0.2) is 0 Å². The van der Waals surface area contributed by atoms with Crippen LogP contribution in [0.25, 0.3) is 0 Å². The van der Waals surface area contributed by atoms with Crippen LogP contribution in [0.15, 0.2) is 36.8 Å². The van der Waals surface area contributed by atoms with Gasteiger partial charge in [-0.05, 0) is 25.1 Å². The number of anilines is 1. The van der Waals surface area contributed by atoms with Gasteiger partial charge in [-0.1, -0.05) is 11.8 Å². The molecule has 0 unspecified atom stereocenters. The Morgan fingerprint density at radius 1 is 1.40 bits per heavy atom. The largest absolute Gasteiger partial charge is 0.320 e. The van der Waals surface area contributed by atoms with Crippen LogP contribution < -0.4 is 11.1 Å². The lowest BCUT2D eigenvalue weighted by atomic mass is 10.1. The van der Waals surface area contributed by atoms with Crippen molar-refractivity contribution in [2.24, 2.45) is 5.73 Å². The number of aryl methyl sites for hydroxylation is 1. The van der Waals surface area contributed by atoms with Crippen LogP contribution in [-0.4, -0.2) is 22.4 Å². The van der Waals surface area contributed by atoms with Crippen LogP contribution in [0.1, 0.15) is 21.6 Å². The first kappa shape index (κ1) is 13.7. The Labute approximate surface area is 117 Å². The second-order valence-corrected chi connectivity index (χ2v) is 4.02. The number of carbonyl (C=O) groups is 1. The van der Waals surface area contributed by atoms with E-state index < -0.39 is 0 Å². The fourth-order valence-electron chi connectivity index (χ4n) is 1.64. The number of rotatable bonds is 2. The Morgan fingerprint density at radius 3 is 3.00 bits per heavy atom. The number of amides is 1. The lowest BCUT2D eigenvalue weighted by Crippen LogP contribution is -2.15. The number of hydrogen-bond donors (Lipinski definition) is 2. The molecule has 0 spiro atoms. The molecule has 2 aromatic rings. The minimum absolute atomic E-state index is 0.234. The third-order valence-electron chi connectivity index (χ3n) is 2.65. The predicted molar refractivity (Wildman–Crippen MR) is 77.1 cm³/mol. The van der Waals surface area contributed by atoms with Crippen LogP contribution in [0.4, 0.5) is 5.69 Å². The SMILES string of the molecule is Cc1ncccc1NC(=O)c1ccncc1C#CCN. The number of carbonyl (C=O) groups excluding carboxylic acids is 1. The summed E-state index contributed by atoms with van der Waals surface area (Å²) in [6, 6.07) is 5.19. The van der Waals surface area contributed by atoms with Gasteiger partial charge in [0.1, 0.15) is 0 Å². The minimum atomic E-state index is -0.246. The van der Waals surface area contributed by atoms with E-state index in [1.165, 1.54) is 0 Å². The molecule has 0 aromatic carbocycles. The number of nitrogens with two attached hydrogens (primary N) is 1. The summed E-state index contributed by atoms with van der Waals surface area (Å²) < 4.78 is 0. The summed E-state index contributed by atoms with van der Waals surface area (Å²) in [6.07, 6.45) is 4.78. The van der Waals surface area contributed by atoms with Crippen LogP contribution >= 0.6 is 0 Å². The van der Waals surface area contributed by atoms with Crippen molar-refractivity contribution in [1.82, 2.24) is 9.97 Å². The highest BCUT2D eigenvalue weighted by Gasteiger charge is 2.11. The molecule has 0 saturated heterocycles. The van der Waals surface area contributed by atoms with Gasteiger partial charge in [-0.2, -0.15) is 0 Å². The highest BCUT2D eigenvalue weighted by Crippen LogP contribution is 2.13. The topological polar surface area (TPSA) is 80.9 Å². The molecule has 0 bridgehead atoms. The maximum Gasteiger partial charge on any atom is 0.257 e. The summed E-state index contributed by atoms with van der Waals surface area (Å²) in [7, 11) is 0. The molecular weight excluding hydrogens is 252 g/mol. The van der Waals surface area contributed by atoms with Crippen LogP contribution in [0, 0.1) is 18.8 Å². The number of pyridine rings is 2. The van der Waals surface area contributed by atoms with E-state index in [-0.39, 0.29) is 12.5 Å². The molecule has 2 aromatic heterocycles. The zero-order valence-electron chi connectivity index (χ0n) is 11.1. The lowest BCUT2D eigenvalue weighted by Gasteiger charge is -2.08. The summed E-state index contributed by atoms with van der Waals surface area (Å²) in [4.78, 5) is 20.4. The van der Waals surface area contributed by atoms with E-state index in [4.69, 9.17) is 5.73 Å². The van der Waals surface area contributed by atoms with Gasteiger partial charge in [0.25, 0.3) is 5.91 Å². The summed E-state index contributed by atoms with van der Waals surface area (Å²) in [5, 5.41) is 2.82. The van der Waals surface area contributed by atoms with Crippen molar-refractivity contribution in [3.05, 3.63) is 53.6 Å². The average Bonchev–Trinajstić information content (AvgIpc) is 2.47. The summed E-state index contributed by atoms with van der Waals surface area (Å²) in [5.74, 6) is 5.32. The van der Waals surface area contributed by atoms with Gasteiger partial charge >= 0.3 is 0 Å². The summed E-state index contributed by atoms with van der Waals surface area (Å²) in [6.45, 7) is 2.06. The maximum absolute atomic E-state index is 12.3. The van der Waals surface area contributed by atoms with Crippen molar-refractivity contribution in [2.75, 3.05) is 11.9 Å². The molecule has 0 aliphatic heterocycles. The fraction of sp³-hybridized carbons (Fsp3) is 0.133. The molecule has 0 saturated carbocycles. The Bertz CT molecular complexity index is 686. The van der Waals surface area contributed by atoms with Crippen LogP contribution in [0.2, 0.25) is 0 Å². The smallest absolute Gasteiger partial charge is 0.257 e. The van der Waals surface area contributed by atoms with Gasteiger partial charge in [-0.25, -0.2) is 0 Å². The van der Waals surface area contributed by atoms with Crippen molar-refractivity contribution in [2.45, 2.75) is 6.92 Å². The monoisotopic (exact) mass is 266 g/mol. The molecule has 5 nitrogen and oxygen atoms in total. The van der Waals surface area contributed by atoms with E-state index in [1.54, 1.807) is 36.8 Å². The van der Waals surface area contributed by atoms with Crippen LogP contribution in [0.3, 0.4) is 0 Å². The Kier molecular flexibility index (Phi) is 4.43. The third-order valence-corrected chi connectivity index (χ3v) is 2.65. The van der Waals surface area contributed by atoms with Crippen molar-refractivity contribution in [1.29, 1.82) is 0 Å². The minimum Gasteiger partial charge on any atom is -0.320 e. The Balaban J connectivity index is 2.28. The van der Waals surface area contributed by atoms with Gasteiger partial charge in [-0.15, -0.1) is 0 Å². The Morgan fingerprint density at radius 2 is 2.25 bits per heavy atom. The quantitative estimate of drug-likeness (QED) is 0.804. The van der Waals surface area contributed by atoms with Crippen molar-refractivity contribution in [3.8, 4) is 11.8 Å². The second kappa shape index (κ2) is 6.45. The molecule has 2 heterocycles. The van der Waals surface area contributed by atoms with E-state index in [9.17, 15) is 4.79 Å². The van der Waals surface area contributed by atoms with Crippen molar-refractivity contribution < 1.29 is 4.79 Å². The number of aromatic nitrogens is 2. The van der Waals surface area contributed by atoms with Gasteiger partial charge in [0, 0.05) is 18.6 Å². The highest BCUT2D eigenvalue weighted by molar-refractivity contribution is 6.06. The molecule has 5 heteroatoms. The first-order chi connectivity index (χ1) is 9.72. The van der Waals surface area contributed by atoms with E-state index >= 15 is 0 Å². The van der Waals surface area contributed by atoms with Crippen molar-refractivity contribution in [3.63, 3.8) is 0 Å². The van der Waals surface area contributed by atoms with Gasteiger partial charge in [0.2, 0.25) is 0 Å². The predicted octanol–water partition coefficient (Wildman–Crippen LogP) is 1.35. The number of hydrogen-bond acceptors (Lipinski definition) is 4. The molecule has 0 fully saturated rings. The zero-order valence-corrected chi connectivity index (χ0v) is 11.1.